The molecule has 1 heterocycles. The lowest BCUT2D eigenvalue weighted by Crippen LogP contribution is -2.48. The van der Waals surface area contributed by atoms with Crippen LogP contribution in [0.1, 0.15) is 54.4 Å². The van der Waals surface area contributed by atoms with Gasteiger partial charge in [0.15, 0.2) is 11.6 Å². The third-order valence-electron chi connectivity index (χ3n) is 7.39. The second-order valence-corrected chi connectivity index (χ2v) is 10.3. The van der Waals surface area contributed by atoms with Crippen LogP contribution in [0.5, 0.6) is 5.75 Å². The average molecular weight is 547 g/mol. The fourth-order valence-corrected chi connectivity index (χ4v) is 5.09. The predicted octanol–water partition coefficient (Wildman–Crippen LogP) is 6.57. The van der Waals surface area contributed by atoms with Crippen LogP contribution in [-0.4, -0.2) is 31.0 Å². The summed E-state index contributed by atoms with van der Waals surface area (Å²) in [6.45, 7) is 1.24. The molecular formula is C27H29F7N2O2. The third-order valence-corrected chi connectivity index (χ3v) is 7.39. The maximum atomic E-state index is 13.7. The van der Waals surface area contributed by atoms with Gasteiger partial charge in [0.2, 0.25) is 5.91 Å². The Balaban J connectivity index is 1.44. The van der Waals surface area contributed by atoms with Gasteiger partial charge in [-0.3, -0.25) is 9.69 Å². The molecule has 4 rings (SSSR count). The van der Waals surface area contributed by atoms with Gasteiger partial charge in [0.05, 0.1) is 23.7 Å². The highest BCUT2D eigenvalue weighted by atomic mass is 19.4. The first-order valence-electron chi connectivity index (χ1n) is 12.4. The highest BCUT2D eigenvalue weighted by Crippen LogP contribution is 2.46. The first kappa shape index (κ1) is 28.2. The number of hydrogen-bond donors (Lipinski definition) is 1. The summed E-state index contributed by atoms with van der Waals surface area (Å²) in [5, 5.41) is 2.64. The van der Waals surface area contributed by atoms with Crippen molar-refractivity contribution >= 4 is 5.91 Å². The van der Waals surface area contributed by atoms with E-state index in [1.165, 1.54) is 13.2 Å². The number of methoxy groups -OCH3 is 1. The molecule has 1 saturated carbocycles. The Labute approximate surface area is 216 Å². The SMILES string of the molecule is COc1cc(CN2CCC(CC3CC3)(C(=O)NCc3cc(C(F)(F)F)cc(C(F)(F)F)c3)CC2)ccc1F. The number of nitrogens with one attached hydrogen (secondary N) is 1. The van der Waals surface area contributed by atoms with Crippen molar-refractivity contribution in [2.24, 2.45) is 11.3 Å². The molecule has 2 aliphatic rings. The summed E-state index contributed by atoms with van der Waals surface area (Å²) in [7, 11) is 1.39. The largest absolute Gasteiger partial charge is 0.494 e. The van der Waals surface area contributed by atoms with Crippen molar-refractivity contribution < 1.29 is 40.3 Å². The van der Waals surface area contributed by atoms with E-state index in [1.807, 2.05) is 0 Å². The number of alkyl halides is 6. The zero-order valence-electron chi connectivity index (χ0n) is 20.8. The van der Waals surface area contributed by atoms with Crippen molar-refractivity contribution in [2.45, 2.75) is 57.5 Å². The third kappa shape index (κ3) is 6.78. The van der Waals surface area contributed by atoms with Gasteiger partial charge in [0, 0.05) is 13.1 Å². The van der Waals surface area contributed by atoms with E-state index in [9.17, 15) is 35.5 Å². The second-order valence-electron chi connectivity index (χ2n) is 10.3. The molecule has 0 bridgehead atoms. The number of hydrogen-bond acceptors (Lipinski definition) is 3. The molecule has 1 aliphatic carbocycles. The van der Waals surface area contributed by atoms with Crippen molar-refractivity contribution in [1.82, 2.24) is 10.2 Å². The molecule has 2 fully saturated rings. The van der Waals surface area contributed by atoms with Gasteiger partial charge in [-0.2, -0.15) is 26.3 Å². The zero-order valence-corrected chi connectivity index (χ0v) is 20.8. The molecule has 11 heteroatoms. The fourth-order valence-electron chi connectivity index (χ4n) is 5.09. The summed E-state index contributed by atoms with van der Waals surface area (Å²) in [4.78, 5) is 15.5. The molecular weight excluding hydrogens is 517 g/mol. The zero-order chi connectivity index (χ0) is 27.7. The number of piperidine rings is 1. The molecule has 208 valence electrons. The smallest absolute Gasteiger partial charge is 0.416 e. The summed E-state index contributed by atoms with van der Waals surface area (Å²) in [5.74, 6) is -0.277. The molecule has 2 aromatic carbocycles. The Hall–Kier alpha value is -2.82. The van der Waals surface area contributed by atoms with Gasteiger partial charge in [-0.05, 0) is 79.7 Å². The van der Waals surface area contributed by atoms with E-state index in [-0.39, 0.29) is 23.3 Å². The van der Waals surface area contributed by atoms with E-state index in [2.05, 4.69) is 10.2 Å². The Kier molecular flexibility index (Phi) is 7.97. The van der Waals surface area contributed by atoms with Gasteiger partial charge in [0.1, 0.15) is 0 Å². The molecule has 0 atom stereocenters. The molecule has 4 nitrogen and oxygen atoms in total. The summed E-state index contributed by atoms with van der Waals surface area (Å²) in [6.07, 6.45) is -6.27. The van der Waals surface area contributed by atoms with Crippen LogP contribution in [-0.2, 0) is 30.2 Å². The van der Waals surface area contributed by atoms with Crippen molar-refractivity contribution in [1.29, 1.82) is 0 Å². The van der Waals surface area contributed by atoms with Crippen LogP contribution >= 0.6 is 0 Å². The van der Waals surface area contributed by atoms with Gasteiger partial charge in [-0.25, -0.2) is 4.39 Å². The normalized spacial score (nSPS) is 18.3. The Morgan fingerprint density at radius 2 is 1.58 bits per heavy atom. The lowest BCUT2D eigenvalue weighted by atomic mass is 9.73. The van der Waals surface area contributed by atoms with Crippen molar-refractivity contribution in [3.63, 3.8) is 0 Å². The number of amides is 1. The minimum atomic E-state index is -4.95. The highest BCUT2D eigenvalue weighted by molar-refractivity contribution is 5.82. The highest BCUT2D eigenvalue weighted by Gasteiger charge is 2.45. The van der Waals surface area contributed by atoms with Gasteiger partial charge in [0.25, 0.3) is 0 Å². The molecule has 1 saturated heterocycles. The summed E-state index contributed by atoms with van der Waals surface area (Å²) in [5.41, 5.74) is -2.96. The minimum absolute atomic E-state index is 0.0757. The lowest BCUT2D eigenvalue weighted by molar-refractivity contribution is -0.143. The molecule has 1 amide bonds. The molecule has 38 heavy (non-hydrogen) atoms. The molecule has 0 spiro atoms. The molecule has 1 N–H and O–H groups in total. The first-order chi connectivity index (χ1) is 17.8. The number of ether oxygens (including phenoxy) is 1. The molecule has 1 aliphatic heterocycles. The monoisotopic (exact) mass is 546 g/mol. The van der Waals surface area contributed by atoms with Crippen molar-refractivity contribution in [3.05, 3.63) is 64.5 Å². The van der Waals surface area contributed by atoms with E-state index < -0.39 is 41.3 Å². The topological polar surface area (TPSA) is 41.6 Å². The van der Waals surface area contributed by atoms with Crippen LogP contribution in [0.15, 0.2) is 36.4 Å². The minimum Gasteiger partial charge on any atom is -0.494 e. The van der Waals surface area contributed by atoms with Crippen LogP contribution < -0.4 is 10.1 Å². The van der Waals surface area contributed by atoms with Gasteiger partial charge in [-0.15, -0.1) is 0 Å². The Morgan fingerprint density at radius 3 is 2.11 bits per heavy atom. The summed E-state index contributed by atoms with van der Waals surface area (Å²) in [6, 6.07) is 5.98. The number of rotatable bonds is 8. The van der Waals surface area contributed by atoms with E-state index in [1.54, 1.807) is 12.1 Å². The second kappa shape index (κ2) is 10.7. The van der Waals surface area contributed by atoms with Crippen LogP contribution in [0.4, 0.5) is 30.7 Å². The van der Waals surface area contributed by atoms with E-state index in [0.717, 1.165) is 18.4 Å². The van der Waals surface area contributed by atoms with E-state index in [0.29, 0.717) is 56.9 Å². The number of likely N-dealkylation sites (tertiary alicyclic amines) is 1. The van der Waals surface area contributed by atoms with Gasteiger partial charge >= 0.3 is 12.4 Å². The summed E-state index contributed by atoms with van der Waals surface area (Å²) < 4.78 is 98.0. The number of carbonyl (C=O) groups excluding carboxylic acids is 1. The Morgan fingerprint density at radius 1 is 0.974 bits per heavy atom. The predicted molar refractivity (Wildman–Crippen MR) is 126 cm³/mol. The first-order valence-corrected chi connectivity index (χ1v) is 12.4. The number of halogens is 7. The van der Waals surface area contributed by atoms with Crippen LogP contribution in [0.25, 0.3) is 0 Å². The maximum absolute atomic E-state index is 13.7. The van der Waals surface area contributed by atoms with Gasteiger partial charge in [-0.1, -0.05) is 18.9 Å². The number of benzene rings is 2. The Bertz CT molecular complexity index is 1120. The molecule has 0 aromatic heterocycles. The molecule has 2 aromatic rings. The quantitative estimate of drug-likeness (QED) is 0.381. The lowest BCUT2D eigenvalue weighted by Gasteiger charge is -2.41. The molecule has 0 radical (unpaired) electrons. The van der Waals surface area contributed by atoms with Crippen molar-refractivity contribution in [2.75, 3.05) is 20.2 Å². The maximum Gasteiger partial charge on any atom is 0.416 e. The van der Waals surface area contributed by atoms with Gasteiger partial charge < -0.3 is 10.1 Å². The average Bonchev–Trinajstić information content (AvgIpc) is 3.67. The summed E-state index contributed by atoms with van der Waals surface area (Å²) >= 11 is 0. The van der Waals surface area contributed by atoms with E-state index in [4.69, 9.17) is 4.74 Å². The standard InChI is InChI=1S/C27H29F7N2O2/c1-38-23-12-18(4-5-22(23)28)16-36-8-6-25(7-9-36,14-17-2-3-17)24(37)35-15-19-10-20(26(29,30)31)13-21(11-19)27(32,33)34/h4-5,10-13,17H,2-3,6-9,14-16H2,1H3,(H,35,37). The van der Waals surface area contributed by atoms with Crippen molar-refractivity contribution in [3.8, 4) is 5.75 Å². The number of carbonyl (C=O) groups is 1. The van der Waals surface area contributed by atoms with Crippen LogP contribution in [0.2, 0.25) is 0 Å². The van der Waals surface area contributed by atoms with E-state index >= 15 is 0 Å². The van der Waals surface area contributed by atoms with Crippen LogP contribution in [0, 0.1) is 17.2 Å². The number of nitrogens with zero attached hydrogens (tertiary/aromatic N) is 1. The fraction of sp³-hybridized carbons (Fsp3) is 0.519. The molecule has 0 unspecified atom stereocenters. The van der Waals surface area contributed by atoms with Crippen LogP contribution in [0.3, 0.4) is 0 Å².